The quantitative estimate of drug-likeness (QED) is 0.590. The van der Waals surface area contributed by atoms with E-state index in [1.807, 2.05) is 31.2 Å². The molecule has 146 valence electrons. The molecule has 1 aliphatic heterocycles. The van der Waals surface area contributed by atoms with Crippen LogP contribution < -0.4 is 0 Å². The smallest absolute Gasteiger partial charge is 0.290 e. The summed E-state index contributed by atoms with van der Waals surface area (Å²) in [5, 5.41) is 11.3. The van der Waals surface area contributed by atoms with Crippen molar-refractivity contribution in [3.8, 4) is 0 Å². The second-order valence-electron chi connectivity index (χ2n) is 7.11. The van der Waals surface area contributed by atoms with E-state index in [9.17, 15) is 14.3 Å². The van der Waals surface area contributed by atoms with Crippen LogP contribution in [-0.2, 0) is 11.3 Å². The molecule has 0 radical (unpaired) electrons. The Balaban J connectivity index is 1.83. The molecule has 1 heterocycles. The van der Waals surface area contributed by atoms with E-state index >= 15 is 0 Å². The minimum absolute atomic E-state index is 0.249. The number of hydrogen-bond acceptors (Lipinski definition) is 2. The fourth-order valence-corrected chi connectivity index (χ4v) is 3.78. The summed E-state index contributed by atoms with van der Waals surface area (Å²) in [5.74, 6) is -1.32. The van der Waals surface area contributed by atoms with Crippen LogP contribution in [0.25, 0.3) is 5.57 Å². The molecule has 0 aromatic heterocycles. The molecule has 0 bridgehead atoms. The number of rotatable bonds is 4. The van der Waals surface area contributed by atoms with E-state index in [1.54, 1.807) is 42.5 Å². The number of aliphatic hydroxyl groups is 1. The number of amides is 1. The van der Waals surface area contributed by atoms with E-state index in [2.05, 4.69) is 0 Å². The minimum Gasteiger partial charge on any atom is -0.503 e. The van der Waals surface area contributed by atoms with Crippen molar-refractivity contribution in [2.75, 3.05) is 0 Å². The third-order valence-corrected chi connectivity index (χ3v) is 5.38. The number of nitrogens with zero attached hydrogens (tertiary/aromatic N) is 1. The molecular formula is C24H19ClFNO2. The lowest BCUT2D eigenvalue weighted by Crippen LogP contribution is -2.30. The lowest BCUT2D eigenvalue weighted by atomic mass is 9.93. The first kappa shape index (κ1) is 19.2. The van der Waals surface area contributed by atoms with Crippen molar-refractivity contribution in [3.63, 3.8) is 0 Å². The highest BCUT2D eigenvalue weighted by molar-refractivity contribution is 6.30. The van der Waals surface area contributed by atoms with Crippen LogP contribution in [0.3, 0.4) is 0 Å². The topological polar surface area (TPSA) is 40.5 Å². The zero-order valence-electron chi connectivity index (χ0n) is 15.8. The minimum atomic E-state index is -0.744. The Morgan fingerprint density at radius 1 is 1.00 bits per heavy atom. The highest BCUT2D eigenvalue weighted by Crippen LogP contribution is 2.44. The van der Waals surface area contributed by atoms with Crippen molar-refractivity contribution >= 4 is 23.1 Å². The molecule has 3 nitrogen and oxygen atoms in total. The standard InChI is InChI=1S/C24H19ClFNO2/c1-15-6-8-16(9-7-15)14-27-22(19-4-2-3-5-20(19)26)21(23(28)24(27)29)17-10-12-18(25)13-11-17/h2-13,22,28H,14H2,1H3. The van der Waals surface area contributed by atoms with E-state index in [0.29, 0.717) is 21.7 Å². The molecule has 4 rings (SSSR count). The normalized spacial score (nSPS) is 16.6. The number of hydrogen-bond donors (Lipinski definition) is 1. The van der Waals surface area contributed by atoms with E-state index < -0.39 is 17.8 Å². The summed E-state index contributed by atoms with van der Waals surface area (Å²) in [5.41, 5.74) is 3.34. The number of halogens is 2. The molecule has 5 heteroatoms. The summed E-state index contributed by atoms with van der Waals surface area (Å²) in [4.78, 5) is 14.5. The van der Waals surface area contributed by atoms with Gasteiger partial charge in [-0.3, -0.25) is 4.79 Å². The fraction of sp³-hybridized carbons (Fsp3) is 0.125. The van der Waals surface area contributed by atoms with Gasteiger partial charge in [0.05, 0.1) is 6.04 Å². The van der Waals surface area contributed by atoms with Gasteiger partial charge in [-0.05, 0) is 36.2 Å². The largest absolute Gasteiger partial charge is 0.503 e. The van der Waals surface area contributed by atoms with Gasteiger partial charge in [0.1, 0.15) is 5.82 Å². The molecule has 1 unspecified atom stereocenters. The molecule has 29 heavy (non-hydrogen) atoms. The third-order valence-electron chi connectivity index (χ3n) is 5.13. The monoisotopic (exact) mass is 407 g/mol. The van der Waals surface area contributed by atoms with Crippen LogP contribution in [0.2, 0.25) is 5.02 Å². The first-order valence-corrected chi connectivity index (χ1v) is 9.63. The van der Waals surface area contributed by atoms with E-state index in [1.165, 1.54) is 11.0 Å². The molecule has 1 atom stereocenters. The number of carbonyl (C=O) groups excluding carboxylic acids is 1. The predicted molar refractivity (Wildman–Crippen MR) is 112 cm³/mol. The maximum Gasteiger partial charge on any atom is 0.290 e. The molecule has 0 saturated heterocycles. The Hall–Kier alpha value is -3.11. The second kappa shape index (κ2) is 7.72. The van der Waals surface area contributed by atoms with Crippen molar-refractivity contribution in [2.24, 2.45) is 0 Å². The zero-order valence-corrected chi connectivity index (χ0v) is 16.5. The molecule has 1 N–H and O–H groups in total. The molecule has 3 aromatic rings. The van der Waals surface area contributed by atoms with Gasteiger partial charge in [-0.15, -0.1) is 0 Å². The lowest BCUT2D eigenvalue weighted by molar-refractivity contribution is -0.130. The Morgan fingerprint density at radius 2 is 1.66 bits per heavy atom. The van der Waals surface area contributed by atoms with E-state index in [4.69, 9.17) is 11.6 Å². The van der Waals surface area contributed by atoms with Crippen LogP contribution in [-0.4, -0.2) is 15.9 Å². The van der Waals surface area contributed by atoms with Gasteiger partial charge in [-0.2, -0.15) is 0 Å². The average Bonchev–Trinajstić information content (AvgIpc) is 2.95. The molecule has 0 aliphatic carbocycles. The first-order chi connectivity index (χ1) is 14.0. The van der Waals surface area contributed by atoms with Crippen LogP contribution in [0.4, 0.5) is 4.39 Å². The maximum absolute atomic E-state index is 14.8. The third kappa shape index (κ3) is 3.64. The summed E-state index contributed by atoms with van der Waals surface area (Å²) < 4.78 is 14.8. The lowest BCUT2D eigenvalue weighted by Gasteiger charge is -2.28. The Bertz CT molecular complexity index is 1090. The number of aliphatic hydroxyl groups excluding tert-OH is 1. The van der Waals surface area contributed by atoms with Crippen LogP contribution in [0.15, 0.2) is 78.6 Å². The highest BCUT2D eigenvalue weighted by Gasteiger charge is 2.42. The molecule has 0 spiro atoms. The molecule has 0 fully saturated rings. The summed E-state index contributed by atoms with van der Waals surface area (Å²) in [7, 11) is 0. The Kier molecular flexibility index (Phi) is 5.12. The van der Waals surface area contributed by atoms with Crippen molar-refractivity contribution in [3.05, 3.63) is 112 Å². The predicted octanol–water partition coefficient (Wildman–Crippen LogP) is 5.84. The maximum atomic E-state index is 14.8. The van der Waals surface area contributed by atoms with Crippen molar-refractivity contribution in [1.29, 1.82) is 0 Å². The van der Waals surface area contributed by atoms with Gasteiger partial charge in [0.2, 0.25) is 0 Å². The van der Waals surface area contributed by atoms with E-state index in [-0.39, 0.29) is 12.3 Å². The summed E-state index contributed by atoms with van der Waals surface area (Å²) >= 11 is 5.99. The first-order valence-electron chi connectivity index (χ1n) is 9.25. The SMILES string of the molecule is Cc1ccc(CN2C(=O)C(O)=C(c3ccc(Cl)cc3)C2c2ccccc2F)cc1. The number of aryl methyl sites for hydroxylation is 1. The number of carbonyl (C=O) groups is 1. The molecule has 0 saturated carbocycles. The highest BCUT2D eigenvalue weighted by atomic mass is 35.5. The van der Waals surface area contributed by atoms with Gasteiger partial charge in [-0.25, -0.2) is 4.39 Å². The summed E-state index contributed by atoms with van der Waals surface area (Å²) in [6.07, 6.45) is 0. The summed E-state index contributed by atoms with van der Waals surface area (Å²) in [6, 6.07) is 20.2. The fourth-order valence-electron chi connectivity index (χ4n) is 3.65. The van der Waals surface area contributed by atoms with Gasteiger partial charge in [-0.1, -0.05) is 71.8 Å². The van der Waals surface area contributed by atoms with E-state index in [0.717, 1.165) is 11.1 Å². The molecule has 1 amide bonds. The van der Waals surface area contributed by atoms with Crippen molar-refractivity contribution in [1.82, 2.24) is 4.90 Å². The van der Waals surface area contributed by atoms with Crippen molar-refractivity contribution < 1.29 is 14.3 Å². The molecule has 1 aliphatic rings. The van der Waals surface area contributed by atoms with Gasteiger partial charge in [0.15, 0.2) is 5.76 Å². The van der Waals surface area contributed by atoms with Crippen molar-refractivity contribution in [2.45, 2.75) is 19.5 Å². The molecular weight excluding hydrogens is 389 g/mol. The second-order valence-corrected chi connectivity index (χ2v) is 7.55. The van der Waals surface area contributed by atoms with Crippen LogP contribution in [0.1, 0.15) is 28.3 Å². The molecule has 3 aromatic carbocycles. The average molecular weight is 408 g/mol. The van der Waals surface area contributed by atoms with Crippen LogP contribution in [0, 0.1) is 12.7 Å². The Labute approximate surface area is 173 Å². The van der Waals surface area contributed by atoms with Gasteiger partial charge in [0, 0.05) is 22.7 Å². The van der Waals surface area contributed by atoms with Gasteiger partial charge >= 0.3 is 0 Å². The van der Waals surface area contributed by atoms with Crippen LogP contribution >= 0.6 is 11.6 Å². The zero-order chi connectivity index (χ0) is 20.5. The number of benzene rings is 3. The van der Waals surface area contributed by atoms with Crippen LogP contribution in [0.5, 0.6) is 0 Å². The Morgan fingerprint density at radius 3 is 2.31 bits per heavy atom. The van der Waals surface area contributed by atoms with Gasteiger partial charge < -0.3 is 10.0 Å². The van der Waals surface area contributed by atoms with Gasteiger partial charge in [0.25, 0.3) is 5.91 Å². The summed E-state index contributed by atoms with van der Waals surface area (Å²) in [6.45, 7) is 2.23.